The average molecular weight is 240 g/mol. The third-order valence-electron chi connectivity index (χ3n) is 2.89. The Hall–Kier alpha value is -1.63. The van der Waals surface area contributed by atoms with Crippen LogP contribution in [0.25, 0.3) is 0 Å². The number of aromatic nitrogens is 2. The Balaban J connectivity index is 2.09. The number of aryl methyl sites for hydroxylation is 1. The summed E-state index contributed by atoms with van der Waals surface area (Å²) in [6, 6.07) is 0.0195. The third-order valence-corrected chi connectivity index (χ3v) is 2.89. The molecule has 17 heavy (non-hydrogen) atoms. The van der Waals surface area contributed by atoms with Crippen LogP contribution in [-0.4, -0.2) is 33.5 Å². The Morgan fingerprint density at radius 1 is 1.76 bits per heavy atom. The Labute approximate surface area is 98.9 Å². The fourth-order valence-corrected chi connectivity index (χ4v) is 2.02. The van der Waals surface area contributed by atoms with Gasteiger partial charge in [-0.25, -0.2) is 0 Å². The summed E-state index contributed by atoms with van der Waals surface area (Å²) < 4.78 is 6.96. The van der Waals surface area contributed by atoms with Gasteiger partial charge in [0.2, 0.25) is 5.82 Å². The largest absolute Gasteiger partial charge is 0.376 e. The van der Waals surface area contributed by atoms with Crippen LogP contribution in [0, 0.1) is 10.1 Å². The number of rotatable bonds is 4. The molecule has 2 heterocycles. The zero-order chi connectivity index (χ0) is 12.4. The van der Waals surface area contributed by atoms with Crippen LogP contribution in [0.5, 0.6) is 0 Å². The zero-order valence-corrected chi connectivity index (χ0v) is 9.92. The second-order valence-corrected chi connectivity index (χ2v) is 4.28. The van der Waals surface area contributed by atoms with Gasteiger partial charge in [0.05, 0.1) is 17.1 Å². The van der Waals surface area contributed by atoms with Crippen LogP contribution in [0.1, 0.15) is 19.8 Å². The number of ether oxygens (including phenoxy) is 1. The fraction of sp³-hybridized carbons (Fsp3) is 0.700. The van der Waals surface area contributed by atoms with Crippen molar-refractivity contribution >= 4 is 11.5 Å². The van der Waals surface area contributed by atoms with E-state index in [-0.39, 0.29) is 17.8 Å². The Morgan fingerprint density at radius 2 is 2.53 bits per heavy atom. The van der Waals surface area contributed by atoms with E-state index in [1.165, 1.54) is 10.9 Å². The highest BCUT2D eigenvalue weighted by Gasteiger charge is 2.26. The molecule has 2 rings (SSSR count). The van der Waals surface area contributed by atoms with Crippen LogP contribution in [-0.2, 0) is 11.8 Å². The summed E-state index contributed by atoms with van der Waals surface area (Å²) in [6.45, 7) is 2.72. The van der Waals surface area contributed by atoms with Crippen molar-refractivity contribution in [3.8, 4) is 0 Å². The Bertz CT molecular complexity index is 412. The minimum absolute atomic E-state index is 0.00246. The quantitative estimate of drug-likeness (QED) is 0.633. The molecule has 0 saturated carbocycles. The lowest BCUT2D eigenvalue weighted by molar-refractivity contribution is -0.384. The molecule has 0 radical (unpaired) electrons. The summed E-state index contributed by atoms with van der Waals surface area (Å²) in [5.74, 6) is 0.306. The highest BCUT2D eigenvalue weighted by atomic mass is 16.6. The van der Waals surface area contributed by atoms with Crippen molar-refractivity contribution in [2.24, 2.45) is 7.05 Å². The van der Waals surface area contributed by atoms with E-state index in [2.05, 4.69) is 10.4 Å². The van der Waals surface area contributed by atoms with E-state index in [1.54, 1.807) is 7.05 Å². The molecule has 1 fully saturated rings. The summed E-state index contributed by atoms with van der Waals surface area (Å²) in [7, 11) is 1.66. The summed E-state index contributed by atoms with van der Waals surface area (Å²) in [5, 5.41) is 17.9. The van der Waals surface area contributed by atoms with Crippen molar-refractivity contribution in [1.29, 1.82) is 0 Å². The monoisotopic (exact) mass is 240 g/mol. The van der Waals surface area contributed by atoms with E-state index < -0.39 is 4.92 Å². The van der Waals surface area contributed by atoms with Crippen LogP contribution < -0.4 is 5.32 Å². The molecule has 2 atom stereocenters. The van der Waals surface area contributed by atoms with Crippen molar-refractivity contribution in [1.82, 2.24) is 9.78 Å². The molecule has 0 aromatic carbocycles. The summed E-state index contributed by atoms with van der Waals surface area (Å²) >= 11 is 0. The molecule has 0 aliphatic carbocycles. The molecule has 0 amide bonds. The van der Waals surface area contributed by atoms with E-state index in [0.29, 0.717) is 5.82 Å². The number of hydrogen-bond acceptors (Lipinski definition) is 5. The molecule has 7 heteroatoms. The second-order valence-electron chi connectivity index (χ2n) is 4.28. The summed E-state index contributed by atoms with van der Waals surface area (Å²) in [4.78, 5) is 10.4. The lowest BCUT2D eigenvalue weighted by atomic mass is 10.1. The first-order chi connectivity index (χ1) is 8.08. The topological polar surface area (TPSA) is 82.2 Å². The number of anilines is 1. The van der Waals surface area contributed by atoms with E-state index in [9.17, 15) is 10.1 Å². The maximum Gasteiger partial charge on any atom is 0.330 e. The van der Waals surface area contributed by atoms with Gasteiger partial charge in [-0.3, -0.25) is 14.8 Å². The molecule has 94 valence electrons. The van der Waals surface area contributed by atoms with Gasteiger partial charge in [-0.15, -0.1) is 5.10 Å². The molecule has 2 unspecified atom stereocenters. The van der Waals surface area contributed by atoms with Gasteiger partial charge < -0.3 is 10.1 Å². The van der Waals surface area contributed by atoms with Crippen LogP contribution in [0.15, 0.2) is 6.20 Å². The predicted octanol–water partition coefficient (Wildman–Crippen LogP) is 1.31. The summed E-state index contributed by atoms with van der Waals surface area (Å²) in [5.41, 5.74) is -0.00246. The molecule has 0 bridgehead atoms. The van der Waals surface area contributed by atoms with E-state index in [1.807, 2.05) is 6.92 Å². The first-order valence-corrected chi connectivity index (χ1v) is 5.64. The maximum absolute atomic E-state index is 10.8. The molecular weight excluding hydrogens is 224 g/mol. The molecular formula is C10H16N4O3. The van der Waals surface area contributed by atoms with Gasteiger partial charge in [-0.05, 0) is 19.8 Å². The summed E-state index contributed by atoms with van der Waals surface area (Å²) in [6.07, 6.45) is 3.52. The van der Waals surface area contributed by atoms with E-state index in [4.69, 9.17) is 4.74 Å². The lowest BCUT2D eigenvalue weighted by Gasteiger charge is -2.19. The van der Waals surface area contributed by atoms with Crippen LogP contribution >= 0.6 is 0 Å². The van der Waals surface area contributed by atoms with Gasteiger partial charge in [-0.1, -0.05) is 0 Å². The number of nitrogens with zero attached hydrogens (tertiary/aromatic N) is 3. The maximum atomic E-state index is 10.8. The first kappa shape index (κ1) is 11.8. The number of nitro groups is 1. The minimum atomic E-state index is -0.433. The number of nitrogens with one attached hydrogen (secondary N) is 1. The molecule has 1 aliphatic heterocycles. The van der Waals surface area contributed by atoms with Crippen LogP contribution in [0.3, 0.4) is 0 Å². The smallest absolute Gasteiger partial charge is 0.330 e. The van der Waals surface area contributed by atoms with Gasteiger partial charge in [0.15, 0.2) is 0 Å². The molecule has 7 nitrogen and oxygen atoms in total. The van der Waals surface area contributed by atoms with Crippen molar-refractivity contribution in [3.63, 3.8) is 0 Å². The van der Waals surface area contributed by atoms with Crippen LogP contribution in [0.4, 0.5) is 11.5 Å². The highest BCUT2D eigenvalue weighted by molar-refractivity contribution is 5.55. The third kappa shape index (κ3) is 2.55. The van der Waals surface area contributed by atoms with Gasteiger partial charge in [0.25, 0.3) is 0 Å². The second kappa shape index (κ2) is 4.70. The molecule has 1 aromatic rings. The predicted molar refractivity (Wildman–Crippen MR) is 61.9 cm³/mol. The van der Waals surface area contributed by atoms with E-state index >= 15 is 0 Å². The van der Waals surface area contributed by atoms with E-state index in [0.717, 1.165) is 19.4 Å². The normalized spacial score (nSPS) is 21.4. The molecule has 1 aliphatic rings. The average Bonchev–Trinajstić information content (AvgIpc) is 2.86. The van der Waals surface area contributed by atoms with Gasteiger partial charge >= 0.3 is 5.69 Å². The molecule has 1 aromatic heterocycles. The zero-order valence-electron chi connectivity index (χ0n) is 9.92. The van der Waals surface area contributed by atoms with Gasteiger partial charge in [-0.2, -0.15) is 0 Å². The minimum Gasteiger partial charge on any atom is -0.376 e. The van der Waals surface area contributed by atoms with Crippen LogP contribution in [0.2, 0.25) is 0 Å². The van der Waals surface area contributed by atoms with Gasteiger partial charge in [0, 0.05) is 13.7 Å². The van der Waals surface area contributed by atoms with Crippen molar-refractivity contribution in [3.05, 3.63) is 16.3 Å². The first-order valence-electron chi connectivity index (χ1n) is 5.64. The lowest BCUT2D eigenvalue weighted by Crippen LogP contribution is -2.30. The SMILES string of the molecule is CC(Nc1nn(C)cc1[N+](=O)[O-])C1CCCO1. The van der Waals surface area contributed by atoms with Crippen molar-refractivity contribution in [2.75, 3.05) is 11.9 Å². The molecule has 0 spiro atoms. The Kier molecular flexibility index (Phi) is 3.28. The molecule has 1 saturated heterocycles. The van der Waals surface area contributed by atoms with Crippen molar-refractivity contribution < 1.29 is 9.66 Å². The Morgan fingerprint density at radius 3 is 3.12 bits per heavy atom. The van der Waals surface area contributed by atoms with Crippen molar-refractivity contribution in [2.45, 2.75) is 31.9 Å². The molecule has 1 N–H and O–H groups in total. The standard InChI is InChI=1S/C10H16N4O3/c1-7(9-4-3-5-17-9)11-10-8(14(15)16)6-13(2)12-10/h6-7,9H,3-5H2,1-2H3,(H,11,12). The highest BCUT2D eigenvalue weighted by Crippen LogP contribution is 2.24. The number of hydrogen-bond donors (Lipinski definition) is 1. The fourth-order valence-electron chi connectivity index (χ4n) is 2.02. The van der Waals surface area contributed by atoms with Gasteiger partial charge in [0.1, 0.15) is 6.20 Å².